The molecule has 0 atom stereocenters. The molecule has 1 aromatic heterocycles. The third-order valence-electron chi connectivity index (χ3n) is 2.14. The highest BCUT2D eigenvalue weighted by atomic mass is 79.9. The van der Waals surface area contributed by atoms with Crippen molar-refractivity contribution in [2.75, 3.05) is 11.9 Å². The third kappa shape index (κ3) is 2.70. The lowest BCUT2D eigenvalue weighted by Gasteiger charge is -2.01. The Bertz CT molecular complexity index is 540. The van der Waals surface area contributed by atoms with E-state index < -0.39 is 5.97 Å². The molecule has 1 heterocycles. The number of hydrogen-bond donors (Lipinski definition) is 1. The lowest BCUT2D eigenvalue weighted by Crippen LogP contribution is -2.05. The van der Waals surface area contributed by atoms with Crippen LogP contribution < -0.4 is 5.32 Å². The van der Waals surface area contributed by atoms with Crippen molar-refractivity contribution in [3.63, 3.8) is 0 Å². The number of halogens is 1. The molecule has 0 bridgehead atoms. The van der Waals surface area contributed by atoms with E-state index in [0.717, 1.165) is 5.69 Å². The highest BCUT2D eigenvalue weighted by Crippen LogP contribution is 2.29. The molecule has 0 aliphatic carbocycles. The summed E-state index contributed by atoms with van der Waals surface area (Å²) in [6.45, 7) is 2.02. The van der Waals surface area contributed by atoms with E-state index in [1.165, 1.54) is 0 Å². The number of ether oxygens (including phenoxy) is 1. The van der Waals surface area contributed by atoms with Crippen LogP contribution in [0.25, 0.3) is 0 Å². The second kappa shape index (κ2) is 5.68. The fourth-order valence-electron chi connectivity index (χ4n) is 1.34. The first-order chi connectivity index (χ1) is 8.72. The molecule has 6 heteroatoms. The maximum absolute atomic E-state index is 11.5. The van der Waals surface area contributed by atoms with Gasteiger partial charge in [0.15, 0.2) is 0 Å². The van der Waals surface area contributed by atoms with E-state index in [4.69, 9.17) is 9.26 Å². The highest BCUT2D eigenvalue weighted by Gasteiger charge is 2.21. The van der Waals surface area contributed by atoms with Crippen LogP contribution in [0.4, 0.5) is 11.6 Å². The maximum Gasteiger partial charge on any atom is 0.361 e. The van der Waals surface area contributed by atoms with E-state index >= 15 is 0 Å². The van der Waals surface area contributed by atoms with Gasteiger partial charge < -0.3 is 14.6 Å². The van der Waals surface area contributed by atoms with Crippen LogP contribution in [0.1, 0.15) is 17.4 Å². The number of aromatic nitrogens is 1. The molecule has 0 aliphatic rings. The van der Waals surface area contributed by atoms with Crippen LogP contribution in [0, 0.1) is 0 Å². The summed E-state index contributed by atoms with van der Waals surface area (Å²) < 4.78 is 10.4. The van der Waals surface area contributed by atoms with Crippen molar-refractivity contribution < 1.29 is 14.1 Å². The third-order valence-corrected chi connectivity index (χ3v) is 2.87. The van der Waals surface area contributed by atoms with Crippen LogP contribution in [0.3, 0.4) is 0 Å². The lowest BCUT2D eigenvalue weighted by atomic mass is 10.3. The average Bonchev–Trinajstić information content (AvgIpc) is 2.73. The van der Waals surface area contributed by atoms with Crippen LogP contribution in [-0.4, -0.2) is 17.7 Å². The van der Waals surface area contributed by atoms with Crippen molar-refractivity contribution in [2.24, 2.45) is 0 Å². The van der Waals surface area contributed by atoms with Crippen molar-refractivity contribution in [1.29, 1.82) is 0 Å². The summed E-state index contributed by atoms with van der Waals surface area (Å²) in [6, 6.07) is 9.43. The first-order valence-corrected chi connectivity index (χ1v) is 6.16. The van der Waals surface area contributed by atoms with Gasteiger partial charge in [0, 0.05) is 5.69 Å². The summed E-state index contributed by atoms with van der Waals surface area (Å²) in [5, 5.41) is 6.68. The summed E-state index contributed by atoms with van der Waals surface area (Å²) in [5.41, 5.74) is 0.958. The number of benzene rings is 1. The van der Waals surface area contributed by atoms with Crippen molar-refractivity contribution in [2.45, 2.75) is 6.92 Å². The fraction of sp³-hybridized carbons (Fsp3) is 0.167. The first-order valence-electron chi connectivity index (χ1n) is 5.36. The minimum Gasteiger partial charge on any atom is -0.461 e. The van der Waals surface area contributed by atoms with Crippen molar-refractivity contribution >= 4 is 33.5 Å². The highest BCUT2D eigenvalue weighted by molar-refractivity contribution is 9.10. The second-order valence-electron chi connectivity index (χ2n) is 3.39. The molecule has 94 valence electrons. The van der Waals surface area contributed by atoms with E-state index in [1.807, 2.05) is 30.3 Å². The number of hydrogen-bond acceptors (Lipinski definition) is 5. The minimum absolute atomic E-state index is 0.121. The summed E-state index contributed by atoms with van der Waals surface area (Å²) in [7, 11) is 0. The molecule has 1 aromatic carbocycles. The molecule has 5 nitrogen and oxygen atoms in total. The van der Waals surface area contributed by atoms with E-state index in [9.17, 15) is 4.79 Å². The molecule has 0 saturated carbocycles. The van der Waals surface area contributed by atoms with Gasteiger partial charge in [-0.2, -0.15) is 0 Å². The molecule has 0 radical (unpaired) electrons. The molecule has 0 fully saturated rings. The van der Waals surface area contributed by atoms with Gasteiger partial charge in [-0.15, -0.1) is 0 Å². The summed E-state index contributed by atoms with van der Waals surface area (Å²) >= 11 is 3.26. The summed E-state index contributed by atoms with van der Waals surface area (Å²) in [5.74, 6) is -0.154. The Labute approximate surface area is 112 Å². The molecule has 18 heavy (non-hydrogen) atoms. The predicted molar refractivity (Wildman–Crippen MR) is 69.9 cm³/mol. The molecule has 0 saturated heterocycles. The SMILES string of the molecule is CCOC(=O)c1noc(Nc2ccccc2)c1Br. The molecular formula is C12H11BrN2O3. The summed E-state index contributed by atoms with van der Waals surface area (Å²) in [4.78, 5) is 11.5. The standard InChI is InChI=1S/C12H11BrN2O3/c1-2-17-12(16)10-9(13)11(18-15-10)14-8-6-4-3-5-7-8/h3-7,14H,2H2,1H3. The van der Waals surface area contributed by atoms with E-state index in [2.05, 4.69) is 26.4 Å². The van der Waals surface area contributed by atoms with Crippen LogP contribution in [-0.2, 0) is 4.74 Å². The Morgan fingerprint density at radius 3 is 2.83 bits per heavy atom. The number of nitrogens with zero attached hydrogens (tertiary/aromatic N) is 1. The van der Waals surface area contributed by atoms with E-state index in [0.29, 0.717) is 17.0 Å². The van der Waals surface area contributed by atoms with Crippen molar-refractivity contribution in [1.82, 2.24) is 5.16 Å². The number of carbonyl (C=O) groups excluding carboxylic acids is 1. The Hall–Kier alpha value is -1.82. The predicted octanol–water partition coefficient (Wildman–Crippen LogP) is 3.36. The van der Waals surface area contributed by atoms with Gasteiger partial charge in [0.1, 0.15) is 4.47 Å². The van der Waals surface area contributed by atoms with E-state index in [-0.39, 0.29) is 5.69 Å². The molecular weight excluding hydrogens is 300 g/mol. The minimum atomic E-state index is -0.519. The number of anilines is 2. The monoisotopic (exact) mass is 310 g/mol. The average molecular weight is 311 g/mol. The van der Waals surface area contributed by atoms with Crippen molar-refractivity contribution in [3.05, 3.63) is 40.5 Å². The van der Waals surface area contributed by atoms with Crippen molar-refractivity contribution in [3.8, 4) is 0 Å². The van der Waals surface area contributed by atoms with Gasteiger partial charge in [0.2, 0.25) is 11.6 Å². The Morgan fingerprint density at radius 1 is 1.44 bits per heavy atom. The van der Waals surface area contributed by atoms with Crippen LogP contribution in [0.15, 0.2) is 39.3 Å². The largest absolute Gasteiger partial charge is 0.461 e. The first kappa shape index (κ1) is 12.6. The number of rotatable bonds is 4. The Balaban J connectivity index is 2.18. The molecule has 2 rings (SSSR count). The normalized spacial score (nSPS) is 10.1. The van der Waals surface area contributed by atoms with Gasteiger partial charge in [0.05, 0.1) is 6.61 Å². The van der Waals surface area contributed by atoms with Gasteiger partial charge in [-0.1, -0.05) is 23.4 Å². The number of para-hydroxylation sites is 1. The van der Waals surface area contributed by atoms with E-state index in [1.54, 1.807) is 6.92 Å². The second-order valence-corrected chi connectivity index (χ2v) is 4.18. The molecule has 1 N–H and O–H groups in total. The fourth-order valence-corrected chi connectivity index (χ4v) is 1.74. The molecule has 0 aliphatic heterocycles. The molecule has 0 unspecified atom stereocenters. The molecule has 0 amide bonds. The quantitative estimate of drug-likeness (QED) is 0.877. The number of nitrogens with one attached hydrogen (secondary N) is 1. The van der Waals surface area contributed by atoms with Gasteiger partial charge in [-0.3, -0.25) is 0 Å². The Kier molecular flexibility index (Phi) is 3.99. The van der Waals surface area contributed by atoms with Crippen LogP contribution in [0.5, 0.6) is 0 Å². The van der Waals surface area contributed by atoms with Gasteiger partial charge in [-0.05, 0) is 35.0 Å². The number of esters is 1. The smallest absolute Gasteiger partial charge is 0.361 e. The molecule has 0 spiro atoms. The maximum atomic E-state index is 11.5. The van der Waals surface area contributed by atoms with Crippen LogP contribution >= 0.6 is 15.9 Å². The Morgan fingerprint density at radius 2 is 2.17 bits per heavy atom. The zero-order valence-corrected chi connectivity index (χ0v) is 11.2. The van der Waals surface area contributed by atoms with Gasteiger partial charge in [0.25, 0.3) is 0 Å². The molecule has 2 aromatic rings. The van der Waals surface area contributed by atoms with Gasteiger partial charge >= 0.3 is 5.97 Å². The zero-order valence-electron chi connectivity index (χ0n) is 9.64. The summed E-state index contributed by atoms with van der Waals surface area (Å²) in [6.07, 6.45) is 0. The zero-order chi connectivity index (χ0) is 13.0. The number of carbonyl (C=O) groups is 1. The topological polar surface area (TPSA) is 64.4 Å². The van der Waals surface area contributed by atoms with Crippen LogP contribution in [0.2, 0.25) is 0 Å². The van der Waals surface area contributed by atoms with Gasteiger partial charge in [-0.25, -0.2) is 4.79 Å². The lowest BCUT2D eigenvalue weighted by molar-refractivity contribution is 0.0514.